The summed E-state index contributed by atoms with van der Waals surface area (Å²) in [6.07, 6.45) is 3.92. The number of fused-ring (bicyclic) bond motifs is 1. The van der Waals surface area contributed by atoms with Gasteiger partial charge in [-0.25, -0.2) is 0 Å². The van der Waals surface area contributed by atoms with Crippen molar-refractivity contribution in [3.63, 3.8) is 0 Å². The van der Waals surface area contributed by atoms with Crippen LogP contribution >= 0.6 is 12.2 Å². The molecule has 0 N–H and O–H groups in total. The molecule has 3 rings (SSSR count). The van der Waals surface area contributed by atoms with Gasteiger partial charge in [-0.3, -0.25) is 19.4 Å². The molecular formula is C22H27N3O2S. The monoisotopic (exact) mass is 397 g/mol. The maximum Gasteiger partial charge on any atom is 0.265 e. The maximum atomic E-state index is 12.8. The Bertz CT molecular complexity index is 902. The molecule has 0 aromatic heterocycles. The molecule has 0 unspecified atom stereocenters. The van der Waals surface area contributed by atoms with Crippen LogP contribution in [0.2, 0.25) is 0 Å². The average molecular weight is 398 g/mol. The second kappa shape index (κ2) is 7.17. The number of likely N-dealkylation sites (N-methyl/N-ethyl adjacent to an activating group) is 3. The molecule has 0 spiro atoms. The number of allylic oxidation sites excluding steroid dienone is 1. The molecule has 1 fully saturated rings. The molecule has 0 saturated carbocycles. The number of carbonyl (C=O) groups is 2. The first-order valence-electron chi connectivity index (χ1n) is 9.59. The Labute approximate surface area is 172 Å². The van der Waals surface area contributed by atoms with Gasteiger partial charge in [0.25, 0.3) is 11.8 Å². The van der Waals surface area contributed by atoms with Gasteiger partial charge in [-0.2, -0.15) is 0 Å². The van der Waals surface area contributed by atoms with Crippen molar-refractivity contribution in [3.05, 3.63) is 41.0 Å². The number of rotatable bonds is 3. The van der Waals surface area contributed by atoms with E-state index in [1.807, 2.05) is 26.0 Å². The van der Waals surface area contributed by atoms with Crippen molar-refractivity contribution < 1.29 is 9.59 Å². The zero-order chi connectivity index (χ0) is 20.8. The second-order valence-electron chi connectivity index (χ2n) is 7.76. The van der Waals surface area contributed by atoms with Crippen LogP contribution in [0.15, 0.2) is 29.8 Å². The summed E-state index contributed by atoms with van der Waals surface area (Å²) in [5, 5.41) is 0.283. The van der Waals surface area contributed by atoms with Gasteiger partial charge in [-0.05, 0) is 76.2 Å². The molecule has 1 saturated heterocycles. The van der Waals surface area contributed by atoms with E-state index >= 15 is 0 Å². The maximum absolute atomic E-state index is 12.8. The van der Waals surface area contributed by atoms with Gasteiger partial charge in [0.15, 0.2) is 5.11 Å². The minimum atomic E-state index is -0.328. The fraction of sp³-hybridized carbons (Fsp3) is 0.409. The van der Waals surface area contributed by atoms with E-state index in [-0.39, 0.29) is 28.0 Å². The highest BCUT2D eigenvalue weighted by molar-refractivity contribution is 7.80. The van der Waals surface area contributed by atoms with E-state index in [1.54, 1.807) is 6.08 Å². The molecular weight excluding hydrogens is 370 g/mol. The van der Waals surface area contributed by atoms with Gasteiger partial charge in [0.2, 0.25) is 0 Å². The number of thiocarbonyl (C=S) groups is 1. The number of benzene rings is 1. The van der Waals surface area contributed by atoms with Gasteiger partial charge in [0.1, 0.15) is 5.57 Å². The molecule has 2 heterocycles. The molecule has 5 nitrogen and oxygen atoms in total. The normalized spacial score (nSPS) is 19.1. The van der Waals surface area contributed by atoms with Crippen molar-refractivity contribution >= 4 is 46.5 Å². The van der Waals surface area contributed by atoms with Crippen LogP contribution in [0.5, 0.6) is 0 Å². The largest absolute Gasteiger partial charge is 0.366 e. The van der Waals surface area contributed by atoms with Crippen molar-refractivity contribution in [1.82, 2.24) is 9.80 Å². The molecule has 6 heteroatoms. The summed E-state index contributed by atoms with van der Waals surface area (Å²) in [4.78, 5) is 30.9. The van der Waals surface area contributed by atoms with Crippen LogP contribution in [0.4, 0.5) is 5.69 Å². The van der Waals surface area contributed by atoms with E-state index in [2.05, 4.69) is 44.9 Å². The van der Waals surface area contributed by atoms with Gasteiger partial charge in [-0.1, -0.05) is 12.1 Å². The SMILES string of the molecule is CCN1C(=O)C(=Cc2ccc3c(c2)C(C)=CC(C)(C)N3C)C(=O)N(CC)C1=S. The molecule has 0 bridgehead atoms. The first kappa shape index (κ1) is 20.3. The number of carbonyl (C=O) groups excluding carboxylic acids is 2. The molecule has 28 heavy (non-hydrogen) atoms. The van der Waals surface area contributed by atoms with Crippen LogP contribution in [-0.4, -0.2) is 52.4 Å². The lowest BCUT2D eigenvalue weighted by molar-refractivity contribution is -0.133. The van der Waals surface area contributed by atoms with Gasteiger partial charge >= 0.3 is 0 Å². The van der Waals surface area contributed by atoms with Crippen LogP contribution < -0.4 is 4.90 Å². The van der Waals surface area contributed by atoms with E-state index < -0.39 is 0 Å². The first-order valence-corrected chi connectivity index (χ1v) is 10.00. The van der Waals surface area contributed by atoms with Crippen molar-refractivity contribution in [3.8, 4) is 0 Å². The minimum Gasteiger partial charge on any atom is -0.366 e. The van der Waals surface area contributed by atoms with Gasteiger partial charge in [0, 0.05) is 31.4 Å². The highest BCUT2D eigenvalue weighted by Crippen LogP contribution is 2.38. The molecule has 0 radical (unpaired) electrons. The third-order valence-corrected chi connectivity index (χ3v) is 6.04. The fourth-order valence-electron chi connectivity index (χ4n) is 3.82. The topological polar surface area (TPSA) is 43.9 Å². The van der Waals surface area contributed by atoms with E-state index in [4.69, 9.17) is 12.2 Å². The highest BCUT2D eigenvalue weighted by Gasteiger charge is 2.38. The van der Waals surface area contributed by atoms with Crippen molar-refractivity contribution in [2.45, 2.75) is 40.2 Å². The van der Waals surface area contributed by atoms with E-state index in [1.165, 1.54) is 15.4 Å². The number of hydrogen-bond acceptors (Lipinski definition) is 4. The Balaban J connectivity index is 2.06. The molecule has 148 valence electrons. The van der Waals surface area contributed by atoms with Gasteiger partial charge in [-0.15, -0.1) is 0 Å². The summed E-state index contributed by atoms with van der Waals surface area (Å²) >= 11 is 5.32. The van der Waals surface area contributed by atoms with E-state index in [0.29, 0.717) is 13.1 Å². The molecule has 1 aromatic rings. The lowest BCUT2D eigenvalue weighted by Crippen LogP contribution is -2.55. The lowest BCUT2D eigenvalue weighted by atomic mass is 9.88. The Morgan fingerprint density at radius 3 is 2.18 bits per heavy atom. The summed E-state index contributed by atoms with van der Waals surface area (Å²) in [7, 11) is 2.08. The highest BCUT2D eigenvalue weighted by atomic mass is 32.1. The van der Waals surface area contributed by atoms with Crippen LogP contribution in [0.1, 0.15) is 45.7 Å². The van der Waals surface area contributed by atoms with Crippen LogP contribution in [0.3, 0.4) is 0 Å². The van der Waals surface area contributed by atoms with Crippen LogP contribution in [-0.2, 0) is 9.59 Å². The fourth-order valence-corrected chi connectivity index (χ4v) is 4.24. The number of hydrogen-bond donors (Lipinski definition) is 0. The molecule has 0 atom stereocenters. The summed E-state index contributed by atoms with van der Waals surface area (Å²) < 4.78 is 0. The quantitative estimate of drug-likeness (QED) is 0.443. The first-order chi connectivity index (χ1) is 13.1. The predicted molar refractivity (Wildman–Crippen MR) is 118 cm³/mol. The minimum absolute atomic E-state index is 0.0642. The number of nitrogens with zero attached hydrogens (tertiary/aromatic N) is 3. The smallest absolute Gasteiger partial charge is 0.265 e. The Kier molecular flexibility index (Phi) is 5.19. The summed E-state index contributed by atoms with van der Waals surface area (Å²) in [6, 6.07) is 6.05. The zero-order valence-corrected chi connectivity index (χ0v) is 18.2. The molecule has 1 aromatic carbocycles. The Hall–Kier alpha value is -2.47. The molecule has 2 aliphatic rings. The van der Waals surface area contributed by atoms with E-state index in [0.717, 1.165) is 16.8 Å². The average Bonchev–Trinajstić information content (AvgIpc) is 2.64. The van der Waals surface area contributed by atoms with Crippen LogP contribution in [0, 0.1) is 0 Å². The third kappa shape index (κ3) is 3.15. The van der Waals surface area contributed by atoms with Crippen molar-refractivity contribution in [2.24, 2.45) is 0 Å². The Morgan fingerprint density at radius 2 is 1.64 bits per heavy atom. The number of anilines is 1. The summed E-state index contributed by atoms with van der Waals surface area (Å²) in [5.74, 6) is -0.657. The van der Waals surface area contributed by atoms with Crippen LogP contribution in [0.25, 0.3) is 11.6 Å². The molecule has 0 aliphatic carbocycles. The standard InChI is InChI=1S/C22H27N3O2S/c1-7-24-19(26)17(20(27)25(8-2)21(24)28)12-15-9-10-18-16(11-15)14(3)13-22(4,5)23(18)6/h9-13H,7-8H2,1-6H3. The molecule has 2 amide bonds. The summed E-state index contributed by atoms with van der Waals surface area (Å²) in [5.41, 5.74) is 4.36. The zero-order valence-electron chi connectivity index (χ0n) is 17.4. The lowest BCUT2D eigenvalue weighted by Gasteiger charge is -2.40. The summed E-state index contributed by atoms with van der Waals surface area (Å²) in [6.45, 7) is 11.0. The van der Waals surface area contributed by atoms with Gasteiger partial charge < -0.3 is 4.90 Å². The molecule has 2 aliphatic heterocycles. The third-order valence-electron chi connectivity index (χ3n) is 5.60. The van der Waals surface area contributed by atoms with Crippen molar-refractivity contribution in [1.29, 1.82) is 0 Å². The van der Waals surface area contributed by atoms with E-state index in [9.17, 15) is 9.59 Å². The Morgan fingerprint density at radius 1 is 1.07 bits per heavy atom. The van der Waals surface area contributed by atoms with Crippen molar-refractivity contribution in [2.75, 3.05) is 25.0 Å². The second-order valence-corrected chi connectivity index (χ2v) is 8.12. The number of amides is 2. The predicted octanol–water partition coefficient (Wildman–Crippen LogP) is 3.70. The van der Waals surface area contributed by atoms with Gasteiger partial charge in [0.05, 0.1) is 5.54 Å².